The third-order valence-corrected chi connectivity index (χ3v) is 2.98. The third kappa shape index (κ3) is 14.6. The Morgan fingerprint density at radius 1 is 0.818 bits per heavy atom. The van der Waals surface area contributed by atoms with E-state index in [9.17, 15) is 14.4 Å². The molecule has 0 aliphatic rings. The molecule has 0 saturated heterocycles. The number of aliphatic carboxylic acids is 1. The highest BCUT2D eigenvalue weighted by Crippen LogP contribution is 2.08. The topological polar surface area (TPSA) is 89.9 Å². The summed E-state index contributed by atoms with van der Waals surface area (Å²) in [4.78, 5) is 32.5. The van der Waals surface area contributed by atoms with Gasteiger partial charge < -0.3 is 14.6 Å². The summed E-state index contributed by atoms with van der Waals surface area (Å²) in [5, 5.41) is 8.48. The summed E-state index contributed by atoms with van der Waals surface area (Å²) >= 11 is 0. The number of ether oxygens (including phenoxy) is 2. The van der Waals surface area contributed by atoms with Gasteiger partial charge in [0.1, 0.15) is 0 Å². The molecule has 0 fully saturated rings. The molecule has 0 aliphatic heterocycles. The first kappa shape index (κ1) is 20.1. The number of hydrogen-bond acceptors (Lipinski definition) is 5. The molecule has 0 rings (SSSR count). The van der Waals surface area contributed by atoms with E-state index in [0.717, 1.165) is 31.8 Å². The Morgan fingerprint density at radius 3 is 1.95 bits per heavy atom. The monoisotopic (exact) mass is 314 g/mol. The van der Waals surface area contributed by atoms with Crippen molar-refractivity contribution in [2.75, 3.05) is 13.2 Å². The van der Waals surface area contributed by atoms with Gasteiger partial charge in [-0.25, -0.2) is 4.79 Å². The van der Waals surface area contributed by atoms with Crippen LogP contribution < -0.4 is 0 Å². The zero-order valence-electron chi connectivity index (χ0n) is 13.1. The molecule has 0 spiro atoms. The minimum absolute atomic E-state index is 0.212. The van der Waals surface area contributed by atoms with Crippen LogP contribution >= 0.6 is 0 Å². The molecule has 6 heteroatoms. The highest BCUT2D eigenvalue weighted by atomic mass is 16.5. The van der Waals surface area contributed by atoms with Crippen LogP contribution in [-0.2, 0) is 23.9 Å². The molecular weight excluding hydrogens is 288 g/mol. The van der Waals surface area contributed by atoms with Gasteiger partial charge in [-0.3, -0.25) is 9.59 Å². The fourth-order valence-corrected chi connectivity index (χ4v) is 1.77. The molecule has 0 radical (unpaired) electrons. The van der Waals surface area contributed by atoms with Crippen LogP contribution in [0.15, 0.2) is 12.7 Å². The van der Waals surface area contributed by atoms with E-state index < -0.39 is 11.9 Å². The quantitative estimate of drug-likeness (QED) is 0.301. The van der Waals surface area contributed by atoms with Crippen LogP contribution in [0.25, 0.3) is 0 Å². The molecule has 1 N–H and O–H groups in total. The lowest BCUT2D eigenvalue weighted by Crippen LogP contribution is -2.07. The zero-order valence-corrected chi connectivity index (χ0v) is 13.1. The van der Waals surface area contributed by atoms with Crippen LogP contribution in [0.5, 0.6) is 0 Å². The molecular formula is C16H26O6. The first-order valence-electron chi connectivity index (χ1n) is 7.73. The summed E-state index contributed by atoms with van der Waals surface area (Å²) < 4.78 is 9.85. The minimum Gasteiger partial charge on any atom is -0.481 e. The maximum Gasteiger partial charge on any atom is 0.330 e. The summed E-state index contributed by atoms with van der Waals surface area (Å²) in [5.74, 6) is -1.42. The Labute approximate surface area is 131 Å². The van der Waals surface area contributed by atoms with Gasteiger partial charge in [0.15, 0.2) is 0 Å². The van der Waals surface area contributed by atoms with Crippen LogP contribution in [0, 0.1) is 0 Å². The number of unbranched alkanes of at least 4 members (excludes halogenated alkanes) is 5. The average Bonchev–Trinajstić information content (AvgIpc) is 2.49. The van der Waals surface area contributed by atoms with Gasteiger partial charge in [-0.05, 0) is 25.7 Å². The lowest BCUT2D eigenvalue weighted by molar-refractivity contribution is -0.144. The van der Waals surface area contributed by atoms with Gasteiger partial charge in [-0.15, -0.1) is 0 Å². The molecule has 126 valence electrons. The van der Waals surface area contributed by atoms with Gasteiger partial charge in [0, 0.05) is 18.9 Å². The van der Waals surface area contributed by atoms with Gasteiger partial charge in [-0.1, -0.05) is 25.8 Å². The van der Waals surface area contributed by atoms with Crippen LogP contribution in [-0.4, -0.2) is 36.2 Å². The summed E-state index contributed by atoms with van der Waals surface area (Å²) in [6.07, 6.45) is 7.21. The van der Waals surface area contributed by atoms with E-state index in [1.807, 2.05) is 0 Å². The van der Waals surface area contributed by atoms with Crippen LogP contribution in [0.4, 0.5) is 0 Å². The second-order valence-corrected chi connectivity index (χ2v) is 4.96. The Balaban J connectivity index is 3.27. The average molecular weight is 314 g/mol. The molecule has 0 aromatic heterocycles. The first-order valence-corrected chi connectivity index (χ1v) is 7.73. The van der Waals surface area contributed by atoms with E-state index in [-0.39, 0.29) is 12.4 Å². The van der Waals surface area contributed by atoms with E-state index >= 15 is 0 Å². The summed E-state index contributed by atoms with van der Waals surface area (Å²) in [7, 11) is 0. The van der Waals surface area contributed by atoms with Crippen LogP contribution in [0.2, 0.25) is 0 Å². The molecule has 0 aliphatic carbocycles. The molecule has 22 heavy (non-hydrogen) atoms. The molecule has 0 amide bonds. The molecule has 0 bridgehead atoms. The standard InChI is InChI=1S/C16H26O6/c1-2-15(19)21-12-8-9-13-22-16(20)11-7-5-3-4-6-10-14(17)18/h2H,1,3-13H2,(H,17,18). The van der Waals surface area contributed by atoms with Crippen LogP contribution in [0.1, 0.15) is 57.8 Å². The Kier molecular flexibility index (Phi) is 12.9. The van der Waals surface area contributed by atoms with Gasteiger partial charge in [0.2, 0.25) is 0 Å². The largest absolute Gasteiger partial charge is 0.481 e. The highest BCUT2D eigenvalue weighted by molar-refractivity contribution is 5.81. The normalized spacial score (nSPS) is 10.0. The van der Waals surface area contributed by atoms with Crippen LogP contribution in [0.3, 0.4) is 0 Å². The van der Waals surface area contributed by atoms with Crippen molar-refractivity contribution in [3.8, 4) is 0 Å². The molecule has 0 saturated carbocycles. The Hall–Kier alpha value is -1.85. The van der Waals surface area contributed by atoms with Crippen molar-refractivity contribution in [3.05, 3.63) is 12.7 Å². The van der Waals surface area contributed by atoms with Crippen molar-refractivity contribution in [2.24, 2.45) is 0 Å². The van der Waals surface area contributed by atoms with Crippen molar-refractivity contribution in [1.82, 2.24) is 0 Å². The summed E-state index contributed by atoms with van der Waals surface area (Å²) in [6, 6.07) is 0. The fraction of sp³-hybridized carbons (Fsp3) is 0.688. The van der Waals surface area contributed by atoms with Crippen molar-refractivity contribution in [2.45, 2.75) is 57.8 Å². The van der Waals surface area contributed by atoms with E-state index in [2.05, 4.69) is 6.58 Å². The fourth-order valence-electron chi connectivity index (χ4n) is 1.77. The van der Waals surface area contributed by atoms with E-state index in [0.29, 0.717) is 38.9 Å². The number of esters is 2. The maximum absolute atomic E-state index is 11.4. The van der Waals surface area contributed by atoms with E-state index in [1.54, 1.807) is 0 Å². The van der Waals surface area contributed by atoms with Gasteiger partial charge in [0.05, 0.1) is 13.2 Å². The second kappa shape index (κ2) is 14.1. The number of carbonyl (C=O) groups is 3. The zero-order chi connectivity index (χ0) is 16.6. The number of carboxylic acids is 1. The maximum atomic E-state index is 11.4. The second-order valence-electron chi connectivity index (χ2n) is 4.96. The smallest absolute Gasteiger partial charge is 0.330 e. The SMILES string of the molecule is C=CC(=O)OCCCCOC(=O)CCCCCCCC(=O)O. The summed E-state index contributed by atoms with van der Waals surface area (Å²) in [6.45, 7) is 3.93. The molecule has 0 atom stereocenters. The molecule has 0 heterocycles. The van der Waals surface area contributed by atoms with E-state index in [1.165, 1.54) is 0 Å². The molecule has 0 aromatic rings. The van der Waals surface area contributed by atoms with Gasteiger partial charge >= 0.3 is 17.9 Å². The van der Waals surface area contributed by atoms with Gasteiger partial charge in [0.25, 0.3) is 0 Å². The predicted molar refractivity (Wildman–Crippen MR) is 81.3 cm³/mol. The number of carboxylic acid groups (broad SMARTS) is 1. The van der Waals surface area contributed by atoms with Crippen molar-refractivity contribution in [3.63, 3.8) is 0 Å². The number of hydrogen-bond donors (Lipinski definition) is 1. The molecule has 6 nitrogen and oxygen atoms in total. The molecule has 0 unspecified atom stereocenters. The van der Waals surface area contributed by atoms with E-state index in [4.69, 9.17) is 14.6 Å². The first-order chi connectivity index (χ1) is 10.6. The Bertz CT molecular complexity index is 351. The van der Waals surface area contributed by atoms with Crippen molar-refractivity contribution >= 4 is 17.9 Å². The lowest BCUT2D eigenvalue weighted by Gasteiger charge is -2.05. The van der Waals surface area contributed by atoms with Crippen molar-refractivity contribution in [1.29, 1.82) is 0 Å². The Morgan fingerprint density at radius 2 is 1.36 bits per heavy atom. The van der Waals surface area contributed by atoms with Crippen molar-refractivity contribution < 1.29 is 29.0 Å². The number of carbonyl (C=O) groups excluding carboxylic acids is 2. The van der Waals surface area contributed by atoms with Gasteiger partial charge in [-0.2, -0.15) is 0 Å². The number of rotatable bonds is 14. The summed E-state index contributed by atoms with van der Waals surface area (Å²) in [5.41, 5.74) is 0. The third-order valence-electron chi connectivity index (χ3n) is 2.98. The highest BCUT2D eigenvalue weighted by Gasteiger charge is 2.03. The lowest BCUT2D eigenvalue weighted by atomic mass is 10.1. The molecule has 0 aromatic carbocycles. The predicted octanol–water partition coefficient (Wildman–Crippen LogP) is 2.85. The minimum atomic E-state index is -0.761.